The molecule has 3 N–H and O–H groups in total. The summed E-state index contributed by atoms with van der Waals surface area (Å²) in [5.74, 6) is -0.120. The molecule has 0 radical (unpaired) electrons. The zero-order valence-electron chi connectivity index (χ0n) is 19.3. The topological polar surface area (TPSA) is 53.2 Å². The third-order valence-electron chi connectivity index (χ3n) is 3.56. The monoisotopic (exact) mass is 415 g/mol. The third-order valence-corrected chi connectivity index (χ3v) is 3.56. The fourth-order valence-corrected chi connectivity index (χ4v) is 2.09. The Kier molecular flexibility index (Phi) is 20.0. The van der Waals surface area contributed by atoms with Gasteiger partial charge in [-0.3, -0.25) is 0 Å². The zero-order chi connectivity index (χ0) is 23.2. The van der Waals surface area contributed by atoms with Crippen molar-refractivity contribution in [2.24, 2.45) is 0 Å². The Morgan fingerprint density at radius 3 is 2.10 bits per heavy atom. The van der Waals surface area contributed by atoms with E-state index in [2.05, 4.69) is 65.4 Å². The number of carbonyl (C=O) groups excluding carboxylic acids is 1. The van der Waals surface area contributed by atoms with Gasteiger partial charge in [0.05, 0.1) is 17.2 Å². The van der Waals surface area contributed by atoms with Crippen molar-refractivity contribution in [2.75, 3.05) is 29.5 Å². The van der Waals surface area contributed by atoms with E-state index in [9.17, 15) is 4.39 Å². The molecule has 0 aromatic heterocycles. The molecule has 0 atom stereocenters. The van der Waals surface area contributed by atoms with Gasteiger partial charge in [0.2, 0.25) is 0 Å². The van der Waals surface area contributed by atoms with Gasteiger partial charge in [0.1, 0.15) is 6.79 Å². The van der Waals surface area contributed by atoms with Crippen LogP contribution in [0, 0.1) is 0 Å². The molecule has 0 saturated heterocycles. The maximum Gasteiger partial charge on any atom is 0.106 e. The quantitative estimate of drug-likeness (QED) is 0.408. The smallest absolute Gasteiger partial charge is 0.106 e. The minimum atomic E-state index is -0.120. The molecule has 0 fully saturated rings. The predicted octanol–water partition coefficient (Wildman–Crippen LogP) is 7.57. The molecule has 0 unspecified atom stereocenters. The number of nitrogens with one attached hydrogen (secondary N) is 3. The molecule has 0 amide bonds. The van der Waals surface area contributed by atoms with E-state index in [1.54, 1.807) is 6.92 Å². The van der Waals surface area contributed by atoms with E-state index < -0.39 is 0 Å². The van der Waals surface area contributed by atoms with Crippen molar-refractivity contribution in [3.05, 3.63) is 72.6 Å². The van der Waals surface area contributed by atoms with Crippen LogP contribution in [-0.2, 0) is 4.79 Å². The van der Waals surface area contributed by atoms with E-state index in [1.807, 2.05) is 45.9 Å². The summed E-state index contributed by atoms with van der Waals surface area (Å²) in [7, 11) is 1.94. The highest BCUT2D eigenvalue weighted by Gasteiger charge is 2.02. The van der Waals surface area contributed by atoms with Gasteiger partial charge in [-0.15, -0.1) is 0 Å². The predicted molar refractivity (Wildman–Crippen MR) is 133 cm³/mol. The zero-order valence-corrected chi connectivity index (χ0v) is 19.3. The molecule has 2 aromatic carbocycles. The standard InChI is InChI=1S/C18H23N3.C4H7F.C2H6.CH2O/c1-3-4-8-13-20-17-12-11-16(14-18(17)19-2)21-15-9-6-5-7-10-15;1-3-4(2)5;2*1-2/h4-12,14,19-21H,3,13H2,1-2H3;3H,1-2H3;1-2H3;1H2/b8-4+;4-3+;;. The van der Waals surface area contributed by atoms with Crippen molar-refractivity contribution >= 4 is 29.5 Å². The van der Waals surface area contributed by atoms with Crippen LogP contribution in [-0.4, -0.2) is 20.4 Å². The minimum absolute atomic E-state index is 0.120. The van der Waals surface area contributed by atoms with Crippen LogP contribution >= 0.6 is 0 Å². The van der Waals surface area contributed by atoms with Gasteiger partial charge >= 0.3 is 0 Å². The Labute approximate surface area is 182 Å². The average Bonchev–Trinajstić information content (AvgIpc) is 2.81. The van der Waals surface area contributed by atoms with Crippen molar-refractivity contribution in [1.29, 1.82) is 0 Å². The summed E-state index contributed by atoms with van der Waals surface area (Å²) < 4.78 is 11.3. The van der Waals surface area contributed by atoms with Crippen molar-refractivity contribution in [3.63, 3.8) is 0 Å². The lowest BCUT2D eigenvalue weighted by Crippen LogP contribution is -2.03. The number of rotatable bonds is 7. The Morgan fingerprint density at radius 2 is 1.60 bits per heavy atom. The lowest BCUT2D eigenvalue weighted by molar-refractivity contribution is -0.0979. The molecule has 2 rings (SSSR count). The Balaban J connectivity index is 0. The molecule has 0 heterocycles. The first-order chi connectivity index (χ1) is 14.6. The molecular weight excluding hydrogens is 377 g/mol. The summed E-state index contributed by atoms with van der Waals surface area (Å²) >= 11 is 0. The molecule has 30 heavy (non-hydrogen) atoms. The molecule has 0 saturated carbocycles. The van der Waals surface area contributed by atoms with E-state index in [0.717, 1.165) is 35.7 Å². The molecule has 0 aliphatic heterocycles. The second kappa shape index (κ2) is 20.6. The molecule has 0 aliphatic rings. The number of benzene rings is 2. The molecule has 0 aliphatic carbocycles. The van der Waals surface area contributed by atoms with Crippen molar-refractivity contribution in [1.82, 2.24) is 0 Å². The van der Waals surface area contributed by atoms with Gasteiger partial charge in [-0.25, -0.2) is 4.39 Å². The first kappa shape index (κ1) is 29.1. The van der Waals surface area contributed by atoms with Gasteiger partial charge in [0.25, 0.3) is 0 Å². The SMILES string of the molecule is C/C=C(\C)F.C=O.CC.CC/C=C/CNc1ccc(Nc2ccccc2)cc1NC. The summed E-state index contributed by atoms with van der Waals surface area (Å²) in [6.45, 7) is 12.1. The van der Waals surface area contributed by atoms with Crippen LogP contribution in [0.15, 0.2) is 72.6 Å². The van der Waals surface area contributed by atoms with Crippen LogP contribution in [0.1, 0.15) is 41.0 Å². The van der Waals surface area contributed by atoms with Crippen LogP contribution in [0.5, 0.6) is 0 Å². The Morgan fingerprint density at radius 1 is 1.00 bits per heavy atom. The van der Waals surface area contributed by atoms with Gasteiger partial charge in [-0.2, -0.15) is 0 Å². The second-order valence-electron chi connectivity index (χ2n) is 5.64. The lowest BCUT2D eigenvalue weighted by atomic mass is 10.2. The van der Waals surface area contributed by atoms with E-state index in [-0.39, 0.29) is 5.83 Å². The summed E-state index contributed by atoms with van der Waals surface area (Å²) in [6.07, 6.45) is 6.80. The first-order valence-electron chi connectivity index (χ1n) is 10.2. The largest absolute Gasteiger partial charge is 0.386 e. The minimum Gasteiger partial charge on any atom is -0.386 e. The molecule has 0 bridgehead atoms. The third kappa shape index (κ3) is 14.0. The van der Waals surface area contributed by atoms with Gasteiger partial charge < -0.3 is 20.7 Å². The summed E-state index contributed by atoms with van der Waals surface area (Å²) in [5.41, 5.74) is 4.35. The van der Waals surface area contributed by atoms with Gasteiger partial charge in [0, 0.05) is 25.0 Å². The molecule has 2 aromatic rings. The van der Waals surface area contributed by atoms with E-state index >= 15 is 0 Å². The van der Waals surface area contributed by atoms with Crippen molar-refractivity contribution in [3.8, 4) is 0 Å². The van der Waals surface area contributed by atoms with Crippen LogP contribution < -0.4 is 16.0 Å². The number of anilines is 4. The normalized spacial score (nSPS) is 9.77. The lowest BCUT2D eigenvalue weighted by Gasteiger charge is -2.13. The van der Waals surface area contributed by atoms with Crippen molar-refractivity contribution < 1.29 is 9.18 Å². The van der Waals surface area contributed by atoms with E-state index in [4.69, 9.17) is 4.79 Å². The highest BCUT2D eigenvalue weighted by Crippen LogP contribution is 2.27. The highest BCUT2D eigenvalue weighted by atomic mass is 19.1. The second-order valence-corrected chi connectivity index (χ2v) is 5.64. The highest BCUT2D eigenvalue weighted by molar-refractivity contribution is 5.75. The molecule has 5 heteroatoms. The van der Waals surface area contributed by atoms with Gasteiger partial charge in [-0.1, -0.05) is 57.2 Å². The summed E-state index contributed by atoms with van der Waals surface area (Å²) in [4.78, 5) is 8.00. The molecule has 0 spiro atoms. The number of hydrogen-bond acceptors (Lipinski definition) is 4. The number of carbonyl (C=O) groups is 1. The molecule has 4 nitrogen and oxygen atoms in total. The van der Waals surface area contributed by atoms with Gasteiger partial charge in [-0.05, 0) is 50.6 Å². The number of halogens is 1. The van der Waals surface area contributed by atoms with Crippen molar-refractivity contribution in [2.45, 2.75) is 41.0 Å². The Hall–Kier alpha value is -3.08. The van der Waals surface area contributed by atoms with Gasteiger partial charge in [0.15, 0.2) is 0 Å². The van der Waals surface area contributed by atoms with Crippen LogP contribution in [0.2, 0.25) is 0 Å². The first-order valence-corrected chi connectivity index (χ1v) is 10.2. The molecular formula is C25H38FN3O. The number of hydrogen-bond donors (Lipinski definition) is 3. The van der Waals surface area contributed by atoms with Crippen LogP contribution in [0.3, 0.4) is 0 Å². The van der Waals surface area contributed by atoms with E-state index in [0.29, 0.717) is 0 Å². The van der Waals surface area contributed by atoms with Crippen LogP contribution in [0.4, 0.5) is 27.1 Å². The Bertz CT molecular complexity index is 712. The summed E-state index contributed by atoms with van der Waals surface area (Å²) in [5, 5.41) is 10.0. The number of allylic oxidation sites excluding steroid dienone is 3. The molecule has 166 valence electrons. The van der Waals surface area contributed by atoms with E-state index in [1.165, 1.54) is 13.0 Å². The maximum atomic E-state index is 11.3. The number of para-hydroxylation sites is 1. The summed E-state index contributed by atoms with van der Waals surface area (Å²) in [6, 6.07) is 16.5. The average molecular weight is 416 g/mol. The maximum absolute atomic E-state index is 11.3. The van der Waals surface area contributed by atoms with Crippen LogP contribution in [0.25, 0.3) is 0 Å². The fraction of sp³-hybridized carbons (Fsp3) is 0.320. The fourth-order valence-electron chi connectivity index (χ4n) is 2.09.